The maximum Gasteiger partial charge on any atom is 0.251 e. The number of carbonyl (C=O) groups is 3. The molecular formula is C28H32N4O5. The quantitative estimate of drug-likeness (QED) is 0.426. The molecule has 5 rings (SSSR count). The summed E-state index contributed by atoms with van der Waals surface area (Å²) in [5.74, 6) is -0.865. The lowest BCUT2D eigenvalue weighted by Gasteiger charge is -2.26. The highest BCUT2D eigenvalue weighted by molar-refractivity contribution is 6.00. The number of piperidine rings is 1. The monoisotopic (exact) mass is 504 g/mol. The predicted octanol–water partition coefficient (Wildman–Crippen LogP) is 2.44. The van der Waals surface area contributed by atoms with Crippen molar-refractivity contribution in [1.82, 2.24) is 20.1 Å². The molecule has 3 amide bonds. The van der Waals surface area contributed by atoms with Gasteiger partial charge in [0.1, 0.15) is 6.04 Å². The Morgan fingerprint density at radius 1 is 1.16 bits per heavy atom. The van der Waals surface area contributed by atoms with Crippen molar-refractivity contribution < 1.29 is 24.2 Å². The molecule has 9 heteroatoms. The molecule has 1 aromatic heterocycles. The van der Waals surface area contributed by atoms with Crippen LogP contribution in [0, 0.1) is 6.92 Å². The third-order valence-corrected chi connectivity index (χ3v) is 7.29. The molecule has 0 saturated carbocycles. The normalized spacial score (nSPS) is 18.7. The Morgan fingerprint density at radius 2 is 1.97 bits per heavy atom. The summed E-state index contributed by atoms with van der Waals surface area (Å²) < 4.78 is 6.93. The zero-order valence-corrected chi connectivity index (χ0v) is 21.0. The predicted molar refractivity (Wildman–Crippen MR) is 138 cm³/mol. The van der Waals surface area contributed by atoms with Gasteiger partial charge in [-0.15, -0.1) is 0 Å². The van der Waals surface area contributed by atoms with Gasteiger partial charge in [-0.1, -0.05) is 12.1 Å². The standard InChI is InChI=1S/C28H32N4O5/c1-18-2-4-21(15-20(18)8-9-31-10-12-37-13-11-31)26(34)29-16-19-3-5-23-22(14-19)17-32(28(23)36)24-6-7-25(33)30-27(24)35/h2-5,14-15,17,24,36H,6-13,16H2,1H3,(H,29,34)(H,30,33,35). The molecule has 1 atom stereocenters. The Balaban J connectivity index is 1.24. The molecule has 0 radical (unpaired) electrons. The second kappa shape index (κ2) is 10.7. The van der Waals surface area contributed by atoms with Crippen LogP contribution in [0.4, 0.5) is 0 Å². The van der Waals surface area contributed by atoms with Gasteiger partial charge in [0.05, 0.1) is 13.2 Å². The molecule has 3 aromatic rings. The lowest BCUT2D eigenvalue weighted by atomic mass is 10.0. The van der Waals surface area contributed by atoms with Gasteiger partial charge in [0.25, 0.3) is 5.91 Å². The minimum atomic E-state index is -0.632. The summed E-state index contributed by atoms with van der Waals surface area (Å²) in [5.41, 5.74) is 3.85. The molecule has 3 N–H and O–H groups in total. The largest absolute Gasteiger partial charge is 0.494 e. The second-order valence-electron chi connectivity index (χ2n) is 9.78. The highest BCUT2D eigenvalue weighted by Crippen LogP contribution is 2.33. The van der Waals surface area contributed by atoms with Crippen LogP contribution >= 0.6 is 0 Å². The summed E-state index contributed by atoms with van der Waals surface area (Å²) in [4.78, 5) is 39.0. The Bertz CT molecular complexity index is 1340. The molecule has 2 saturated heterocycles. The number of benzene rings is 2. The number of hydrogen-bond acceptors (Lipinski definition) is 6. The molecule has 2 aliphatic heterocycles. The fourth-order valence-corrected chi connectivity index (χ4v) is 5.04. The number of ether oxygens (including phenoxy) is 1. The van der Waals surface area contributed by atoms with Crippen LogP contribution in [-0.4, -0.2) is 65.1 Å². The number of morpholine rings is 1. The van der Waals surface area contributed by atoms with Gasteiger partial charge in [-0.3, -0.25) is 24.6 Å². The van der Waals surface area contributed by atoms with Crippen LogP contribution in [0.1, 0.15) is 45.9 Å². The van der Waals surface area contributed by atoms with Crippen LogP contribution in [-0.2, 0) is 27.3 Å². The summed E-state index contributed by atoms with van der Waals surface area (Å²) in [6, 6.07) is 10.7. The zero-order valence-electron chi connectivity index (χ0n) is 21.0. The summed E-state index contributed by atoms with van der Waals surface area (Å²) in [7, 11) is 0. The molecule has 37 heavy (non-hydrogen) atoms. The van der Waals surface area contributed by atoms with E-state index >= 15 is 0 Å². The van der Waals surface area contributed by atoms with Crippen molar-refractivity contribution in [2.75, 3.05) is 32.8 Å². The van der Waals surface area contributed by atoms with E-state index in [1.54, 1.807) is 12.3 Å². The first-order chi connectivity index (χ1) is 17.9. The molecule has 0 aliphatic carbocycles. The molecule has 9 nitrogen and oxygen atoms in total. The molecule has 0 bridgehead atoms. The average molecular weight is 505 g/mol. The lowest BCUT2D eigenvalue weighted by molar-refractivity contribution is -0.135. The van der Waals surface area contributed by atoms with Crippen LogP contribution < -0.4 is 10.6 Å². The number of rotatable bonds is 7. The highest BCUT2D eigenvalue weighted by atomic mass is 16.5. The maximum atomic E-state index is 12.9. The van der Waals surface area contributed by atoms with Gasteiger partial charge in [-0.05, 0) is 60.7 Å². The van der Waals surface area contributed by atoms with Crippen LogP contribution in [0.15, 0.2) is 42.6 Å². The minimum Gasteiger partial charge on any atom is -0.494 e. The Hall–Kier alpha value is -3.69. The van der Waals surface area contributed by atoms with E-state index in [1.165, 1.54) is 15.7 Å². The van der Waals surface area contributed by atoms with E-state index < -0.39 is 11.9 Å². The number of aromatic nitrogens is 1. The molecule has 0 spiro atoms. The number of nitrogens with zero attached hydrogens (tertiary/aromatic N) is 2. The molecule has 1 unspecified atom stereocenters. The maximum absolute atomic E-state index is 12.9. The van der Waals surface area contributed by atoms with Crippen molar-refractivity contribution in [1.29, 1.82) is 0 Å². The topological polar surface area (TPSA) is 113 Å². The molecule has 2 aromatic carbocycles. The first-order valence-corrected chi connectivity index (χ1v) is 12.7. The van der Waals surface area contributed by atoms with E-state index in [9.17, 15) is 19.5 Å². The number of aromatic hydroxyl groups is 1. The molecule has 2 aliphatic rings. The number of aryl methyl sites for hydroxylation is 1. The van der Waals surface area contributed by atoms with Gasteiger partial charge < -0.3 is 19.7 Å². The van der Waals surface area contributed by atoms with E-state index in [-0.39, 0.29) is 24.1 Å². The number of nitrogens with one attached hydrogen (secondary N) is 2. The fourth-order valence-electron chi connectivity index (χ4n) is 5.04. The Morgan fingerprint density at radius 3 is 2.76 bits per heavy atom. The number of amides is 3. The number of hydrogen-bond donors (Lipinski definition) is 3. The van der Waals surface area contributed by atoms with Crippen molar-refractivity contribution in [2.45, 2.75) is 38.8 Å². The fraction of sp³-hybridized carbons (Fsp3) is 0.393. The summed E-state index contributed by atoms with van der Waals surface area (Å²) in [6.07, 6.45) is 3.18. The molecule has 194 valence electrons. The summed E-state index contributed by atoms with van der Waals surface area (Å²) in [6.45, 7) is 6.78. The van der Waals surface area contributed by atoms with E-state index in [1.807, 2.05) is 30.3 Å². The zero-order chi connectivity index (χ0) is 25.9. The number of imide groups is 1. The van der Waals surface area contributed by atoms with Gasteiger partial charge in [-0.25, -0.2) is 0 Å². The van der Waals surface area contributed by atoms with Crippen LogP contribution in [0.25, 0.3) is 10.8 Å². The van der Waals surface area contributed by atoms with Crippen molar-refractivity contribution in [3.63, 3.8) is 0 Å². The van der Waals surface area contributed by atoms with Gasteiger partial charge in [0, 0.05) is 55.1 Å². The third kappa shape index (κ3) is 5.52. The van der Waals surface area contributed by atoms with Gasteiger partial charge in [0.2, 0.25) is 11.8 Å². The van der Waals surface area contributed by atoms with Crippen molar-refractivity contribution in [2.24, 2.45) is 0 Å². The Kier molecular flexibility index (Phi) is 7.25. The average Bonchev–Trinajstić information content (AvgIpc) is 3.22. The summed E-state index contributed by atoms with van der Waals surface area (Å²) >= 11 is 0. The Labute approximate surface area is 215 Å². The highest BCUT2D eigenvalue weighted by Gasteiger charge is 2.30. The van der Waals surface area contributed by atoms with Crippen molar-refractivity contribution in [3.05, 3.63) is 64.8 Å². The van der Waals surface area contributed by atoms with Crippen molar-refractivity contribution in [3.8, 4) is 5.88 Å². The molecular weight excluding hydrogens is 472 g/mol. The van der Waals surface area contributed by atoms with E-state index in [0.29, 0.717) is 23.9 Å². The number of carbonyl (C=O) groups excluding carboxylic acids is 3. The van der Waals surface area contributed by atoms with Crippen LogP contribution in [0.3, 0.4) is 0 Å². The van der Waals surface area contributed by atoms with Crippen molar-refractivity contribution >= 4 is 28.5 Å². The molecule has 2 fully saturated rings. The first-order valence-electron chi connectivity index (χ1n) is 12.7. The van der Waals surface area contributed by atoms with Gasteiger partial charge in [-0.2, -0.15) is 0 Å². The van der Waals surface area contributed by atoms with E-state index in [4.69, 9.17) is 4.74 Å². The smallest absolute Gasteiger partial charge is 0.251 e. The lowest BCUT2D eigenvalue weighted by Crippen LogP contribution is -2.41. The third-order valence-electron chi connectivity index (χ3n) is 7.29. The van der Waals surface area contributed by atoms with Gasteiger partial charge in [0.15, 0.2) is 5.88 Å². The van der Waals surface area contributed by atoms with E-state index in [2.05, 4.69) is 22.5 Å². The first kappa shape index (κ1) is 25.0. The minimum absolute atomic E-state index is 0.00986. The molecule has 3 heterocycles. The summed E-state index contributed by atoms with van der Waals surface area (Å²) in [5, 5.41) is 17.4. The van der Waals surface area contributed by atoms with Crippen LogP contribution in [0.2, 0.25) is 0 Å². The number of fused-ring (bicyclic) bond motifs is 1. The second-order valence-corrected chi connectivity index (χ2v) is 9.78. The van der Waals surface area contributed by atoms with Crippen LogP contribution in [0.5, 0.6) is 5.88 Å². The SMILES string of the molecule is Cc1ccc(C(=O)NCc2ccc3c(O)n(C4CCC(=O)NC4=O)cc3c2)cc1CCN1CCOCC1. The van der Waals surface area contributed by atoms with E-state index in [0.717, 1.165) is 50.2 Å². The van der Waals surface area contributed by atoms with Gasteiger partial charge >= 0.3 is 0 Å².